The Morgan fingerprint density at radius 2 is 1.94 bits per heavy atom. The fraction of sp³-hybridized carbons (Fsp3) is 0.571. The minimum Gasteiger partial charge on any atom is -0.317 e. The van der Waals surface area contributed by atoms with Crippen molar-refractivity contribution in [3.05, 3.63) is 35.9 Å². The second-order valence-corrected chi connectivity index (χ2v) is 4.46. The van der Waals surface area contributed by atoms with Gasteiger partial charge in [0.2, 0.25) is 0 Å². The topological polar surface area (TPSA) is 24.5 Å². The Balaban J connectivity index is 1.96. The number of nitrogens with zero attached hydrogens (tertiary/aromatic N) is 1. The number of nitrogens with one attached hydrogen (secondary N) is 1. The van der Waals surface area contributed by atoms with Crippen molar-refractivity contribution >= 4 is 0 Å². The van der Waals surface area contributed by atoms with Crippen LogP contribution in [-0.4, -0.2) is 30.8 Å². The summed E-state index contributed by atoms with van der Waals surface area (Å²) in [6, 6.07) is 11.1. The zero-order chi connectivity index (χ0) is 11.9. The van der Waals surface area contributed by atoms with Gasteiger partial charge in [0, 0.05) is 12.6 Å². The van der Waals surface area contributed by atoms with E-state index in [4.69, 9.17) is 4.84 Å². The van der Waals surface area contributed by atoms with Crippen LogP contribution in [0.4, 0.5) is 0 Å². The fourth-order valence-electron chi connectivity index (χ4n) is 2.30. The largest absolute Gasteiger partial charge is 0.317 e. The molecule has 0 amide bonds. The van der Waals surface area contributed by atoms with E-state index in [9.17, 15) is 0 Å². The van der Waals surface area contributed by atoms with E-state index in [1.807, 2.05) is 0 Å². The van der Waals surface area contributed by atoms with Crippen molar-refractivity contribution in [1.82, 2.24) is 10.4 Å². The first-order chi connectivity index (χ1) is 8.40. The molecule has 3 heteroatoms. The first kappa shape index (κ1) is 12.6. The zero-order valence-electron chi connectivity index (χ0n) is 10.6. The molecule has 17 heavy (non-hydrogen) atoms. The molecule has 94 valence electrons. The average molecular weight is 234 g/mol. The summed E-state index contributed by atoms with van der Waals surface area (Å²) in [5.74, 6) is 0. The van der Waals surface area contributed by atoms with Crippen molar-refractivity contribution < 1.29 is 4.84 Å². The zero-order valence-corrected chi connectivity index (χ0v) is 10.6. The molecule has 0 spiro atoms. The van der Waals surface area contributed by atoms with E-state index in [-0.39, 0.29) is 0 Å². The van der Waals surface area contributed by atoms with E-state index in [0.29, 0.717) is 6.04 Å². The van der Waals surface area contributed by atoms with Crippen LogP contribution < -0.4 is 5.32 Å². The van der Waals surface area contributed by atoms with Crippen LogP contribution in [-0.2, 0) is 11.4 Å². The summed E-state index contributed by atoms with van der Waals surface area (Å²) < 4.78 is 0. The Bertz CT molecular complexity index is 309. The molecule has 1 saturated heterocycles. The van der Waals surface area contributed by atoms with Gasteiger partial charge in [-0.25, -0.2) is 0 Å². The molecule has 1 aliphatic rings. The van der Waals surface area contributed by atoms with Crippen LogP contribution in [0.15, 0.2) is 30.3 Å². The summed E-state index contributed by atoms with van der Waals surface area (Å²) in [6.45, 7) is 5.89. The highest BCUT2D eigenvalue weighted by molar-refractivity contribution is 5.14. The molecular weight excluding hydrogens is 212 g/mol. The maximum atomic E-state index is 5.79. The van der Waals surface area contributed by atoms with Crippen LogP contribution in [0.2, 0.25) is 0 Å². The molecule has 1 aliphatic heterocycles. The monoisotopic (exact) mass is 234 g/mol. The molecular formula is C14H22N2O. The van der Waals surface area contributed by atoms with Gasteiger partial charge in [-0.15, -0.1) is 0 Å². The summed E-state index contributed by atoms with van der Waals surface area (Å²) in [6.07, 6.45) is 2.35. The number of benzene rings is 1. The molecule has 1 aromatic carbocycles. The molecule has 0 aromatic heterocycles. The third kappa shape index (κ3) is 3.80. The third-order valence-electron chi connectivity index (χ3n) is 3.19. The molecule has 1 aromatic rings. The van der Waals surface area contributed by atoms with Gasteiger partial charge in [0.25, 0.3) is 0 Å². The molecule has 0 atom stereocenters. The van der Waals surface area contributed by atoms with Crippen molar-refractivity contribution in [1.29, 1.82) is 0 Å². The van der Waals surface area contributed by atoms with Gasteiger partial charge in [-0.2, -0.15) is 5.06 Å². The molecule has 0 saturated carbocycles. The summed E-state index contributed by atoms with van der Waals surface area (Å²) in [5.41, 5.74) is 1.32. The number of rotatable bonds is 5. The van der Waals surface area contributed by atoms with E-state index in [0.717, 1.165) is 26.2 Å². The van der Waals surface area contributed by atoms with E-state index < -0.39 is 0 Å². The van der Waals surface area contributed by atoms with Gasteiger partial charge in [0.15, 0.2) is 0 Å². The molecule has 0 radical (unpaired) electrons. The van der Waals surface area contributed by atoms with Gasteiger partial charge in [-0.3, -0.25) is 4.84 Å². The van der Waals surface area contributed by atoms with Gasteiger partial charge in [-0.05, 0) is 38.4 Å². The second-order valence-electron chi connectivity index (χ2n) is 4.46. The fourth-order valence-corrected chi connectivity index (χ4v) is 2.30. The van der Waals surface area contributed by atoms with Gasteiger partial charge in [0.1, 0.15) is 0 Å². The van der Waals surface area contributed by atoms with E-state index in [1.165, 1.54) is 18.4 Å². The van der Waals surface area contributed by atoms with Crippen LogP contribution in [0.25, 0.3) is 0 Å². The standard InChI is InChI=1S/C14H22N2O/c1-2-17-16(14-8-10-15-11-9-14)12-13-6-4-3-5-7-13/h3-7,14-15H,2,8-12H2,1H3. The Labute approximate surface area is 104 Å². The van der Waals surface area contributed by atoms with Crippen molar-refractivity contribution in [2.45, 2.75) is 32.4 Å². The van der Waals surface area contributed by atoms with Crippen LogP contribution in [0.3, 0.4) is 0 Å². The van der Waals surface area contributed by atoms with Crippen molar-refractivity contribution in [2.75, 3.05) is 19.7 Å². The van der Waals surface area contributed by atoms with E-state index in [2.05, 4.69) is 47.6 Å². The molecule has 0 bridgehead atoms. The number of hydrogen-bond acceptors (Lipinski definition) is 3. The van der Waals surface area contributed by atoms with Gasteiger partial charge in [-0.1, -0.05) is 30.3 Å². The number of hydrogen-bond donors (Lipinski definition) is 1. The minimum absolute atomic E-state index is 0.552. The number of piperidine rings is 1. The van der Waals surface area contributed by atoms with Crippen LogP contribution in [0, 0.1) is 0 Å². The first-order valence-electron chi connectivity index (χ1n) is 6.54. The predicted octanol–water partition coefficient (Wildman–Crippen LogP) is 2.19. The maximum Gasteiger partial charge on any atom is 0.0657 e. The molecule has 0 aliphatic carbocycles. The lowest BCUT2D eigenvalue weighted by Crippen LogP contribution is -2.42. The number of hydroxylamine groups is 2. The average Bonchev–Trinajstić information content (AvgIpc) is 2.40. The van der Waals surface area contributed by atoms with Crippen LogP contribution in [0.5, 0.6) is 0 Å². The molecule has 1 heterocycles. The highest BCUT2D eigenvalue weighted by atomic mass is 16.7. The van der Waals surface area contributed by atoms with Gasteiger partial charge >= 0.3 is 0 Å². The highest BCUT2D eigenvalue weighted by Gasteiger charge is 2.21. The highest BCUT2D eigenvalue weighted by Crippen LogP contribution is 2.15. The second kappa shape index (κ2) is 6.74. The molecule has 0 unspecified atom stereocenters. The smallest absolute Gasteiger partial charge is 0.0657 e. The van der Waals surface area contributed by atoms with Crippen molar-refractivity contribution in [3.63, 3.8) is 0 Å². The lowest BCUT2D eigenvalue weighted by molar-refractivity contribution is -0.194. The first-order valence-corrected chi connectivity index (χ1v) is 6.54. The van der Waals surface area contributed by atoms with Gasteiger partial charge < -0.3 is 5.32 Å². The lowest BCUT2D eigenvalue weighted by atomic mass is 10.1. The summed E-state index contributed by atoms with van der Waals surface area (Å²) in [4.78, 5) is 5.79. The van der Waals surface area contributed by atoms with Gasteiger partial charge in [0.05, 0.1) is 6.61 Å². The lowest BCUT2D eigenvalue weighted by Gasteiger charge is -2.33. The quantitative estimate of drug-likeness (QED) is 0.790. The minimum atomic E-state index is 0.552. The van der Waals surface area contributed by atoms with E-state index >= 15 is 0 Å². The Kier molecular flexibility index (Phi) is 4.98. The molecule has 3 nitrogen and oxygen atoms in total. The normalized spacial score (nSPS) is 17.5. The van der Waals surface area contributed by atoms with Crippen molar-refractivity contribution in [3.8, 4) is 0 Å². The molecule has 2 rings (SSSR count). The Morgan fingerprint density at radius 1 is 1.24 bits per heavy atom. The Morgan fingerprint density at radius 3 is 2.59 bits per heavy atom. The van der Waals surface area contributed by atoms with Crippen molar-refractivity contribution in [2.24, 2.45) is 0 Å². The van der Waals surface area contributed by atoms with Crippen LogP contribution in [0.1, 0.15) is 25.3 Å². The molecule has 1 N–H and O–H groups in total. The van der Waals surface area contributed by atoms with E-state index in [1.54, 1.807) is 0 Å². The SMILES string of the molecule is CCON(Cc1ccccc1)C1CCNCC1. The third-order valence-corrected chi connectivity index (χ3v) is 3.19. The Hall–Kier alpha value is -0.900. The summed E-state index contributed by atoms with van der Waals surface area (Å²) in [5, 5.41) is 5.56. The molecule has 1 fully saturated rings. The summed E-state index contributed by atoms with van der Waals surface area (Å²) in [7, 11) is 0. The summed E-state index contributed by atoms with van der Waals surface area (Å²) >= 11 is 0. The predicted molar refractivity (Wildman–Crippen MR) is 69.5 cm³/mol. The maximum absolute atomic E-state index is 5.79. The van der Waals surface area contributed by atoms with Crippen LogP contribution >= 0.6 is 0 Å².